The molecular weight excluding hydrogens is 250 g/mol. The number of likely N-dealkylation sites (tertiary alicyclic amines) is 1. The Kier molecular flexibility index (Phi) is 4.68. The van der Waals surface area contributed by atoms with Gasteiger partial charge in [0.2, 0.25) is 5.91 Å². The highest BCUT2D eigenvalue weighted by Crippen LogP contribution is 2.19. The average Bonchev–Trinajstić information content (AvgIpc) is 2.82. The minimum Gasteiger partial charge on any atom is -0.392 e. The molecule has 2 heterocycles. The van der Waals surface area contributed by atoms with Crippen molar-refractivity contribution in [1.29, 1.82) is 0 Å². The number of hydrogen-bond donors (Lipinski definition) is 2. The fraction of sp³-hybridized carbons (Fsp3) is 0.667. The van der Waals surface area contributed by atoms with Gasteiger partial charge in [-0.05, 0) is 26.3 Å². The van der Waals surface area contributed by atoms with Crippen LogP contribution in [0.5, 0.6) is 0 Å². The van der Waals surface area contributed by atoms with Gasteiger partial charge in [-0.1, -0.05) is 6.42 Å². The SMILES string of the molecule is CC(O)C1CCCCN1CC(=O)Nc1nccs1. The number of rotatable bonds is 4. The molecule has 18 heavy (non-hydrogen) atoms. The molecule has 1 aliphatic heterocycles. The molecule has 1 aromatic rings. The van der Waals surface area contributed by atoms with Gasteiger partial charge in [0.1, 0.15) is 0 Å². The summed E-state index contributed by atoms with van der Waals surface area (Å²) >= 11 is 1.41. The molecule has 1 saturated heterocycles. The molecule has 0 spiro atoms. The first-order valence-corrected chi connectivity index (χ1v) is 7.16. The van der Waals surface area contributed by atoms with Crippen molar-refractivity contribution in [1.82, 2.24) is 9.88 Å². The number of piperidine rings is 1. The first-order valence-electron chi connectivity index (χ1n) is 6.28. The Hall–Kier alpha value is -0.980. The Labute approximate surface area is 111 Å². The zero-order valence-electron chi connectivity index (χ0n) is 10.5. The van der Waals surface area contributed by atoms with Crippen molar-refractivity contribution in [2.24, 2.45) is 0 Å². The quantitative estimate of drug-likeness (QED) is 0.865. The van der Waals surface area contributed by atoms with Gasteiger partial charge in [0.25, 0.3) is 0 Å². The number of hydrogen-bond acceptors (Lipinski definition) is 5. The van der Waals surface area contributed by atoms with Gasteiger partial charge in [0, 0.05) is 17.6 Å². The molecule has 2 rings (SSSR count). The lowest BCUT2D eigenvalue weighted by atomic mass is 9.98. The maximum atomic E-state index is 11.9. The lowest BCUT2D eigenvalue weighted by molar-refractivity contribution is -0.118. The normalized spacial score (nSPS) is 22.7. The Balaban J connectivity index is 1.88. The topological polar surface area (TPSA) is 65.5 Å². The number of aliphatic hydroxyl groups is 1. The van der Waals surface area contributed by atoms with Crippen molar-refractivity contribution in [3.05, 3.63) is 11.6 Å². The zero-order chi connectivity index (χ0) is 13.0. The Morgan fingerprint density at radius 3 is 3.22 bits per heavy atom. The molecule has 0 radical (unpaired) electrons. The van der Waals surface area contributed by atoms with E-state index in [1.165, 1.54) is 11.3 Å². The van der Waals surface area contributed by atoms with E-state index >= 15 is 0 Å². The molecule has 0 bridgehead atoms. The molecule has 2 atom stereocenters. The van der Waals surface area contributed by atoms with E-state index in [4.69, 9.17) is 0 Å². The van der Waals surface area contributed by atoms with Crippen LogP contribution < -0.4 is 5.32 Å². The molecule has 0 aromatic carbocycles. The molecule has 0 aliphatic carbocycles. The van der Waals surface area contributed by atoms with Crippen molar-refractivity contribution >= 4 is 22.4 Å². The van der Waals surface area contributed by atoms with E-state index in [0.717, 1.165) is 25.8 Å². The third-order valence-corrected chi connectivity index (χ3v) is 3.93. The monoisotopic (exact) mass is 269 g/mol. The number of thiazole rings is 1. The Morgan fingerprint density at radius 1 is 1.72 bits per heavy atom. The van der Waals surface area contributed by atoms with Gasteiger partial charge in [-0.3, -0.25) is 9.69 Å². The predicted octanol–water partition coefficient (Wildman–Crippen LogP) is 1.32. The largest absolute Gasteiger partial charge is 0.392 e. The Bertz CT molecular complexity index is 381. The molecule has 1 fully saturated rings. The van der Waals surface area contributed by atoms with Crippen LogP contribution in [0, 0.1) is 0 Å². The van der Waals surface area contributed by atoms with Crippen LogP contribution in [0.15, 0.2) is 11.6 Å². The van der Waals surface area contributed by atoms with Crippen molar-refractivity contribution in [2.75, 3.05) is 18.4 Å². The molecule has 2 unspecified atom stereocenters. The van der Waals surface area contributed by atoms with Gasteiger partial charge < -0.3 is 10.4 Å². The molecule has 1 aliphatic rings. The summed E-state index contributed by atoms with van der Waals surface area (Å²) in [6.45, 7) is 3.00. The van der Waals surface area contributed by atoms with E-state index in [9.17, 15) is 9.90 Å². The fourth-order valence-electron chi connectivity index (χ4n) is 2.39. The number of carbonyl (C=O) groups excluding carboxylic acids is 1. The van der Waals surface area contributed by atoms with Crippen molar-refractivity contribution in [3.8, 4) is 0 Å². The van der Waals surface area contributed by atoms with Crippen LogP contribution >= 0.6 is 11.3 Å². The first kappa shape index (κ1) is 13.5. The van der Waals surface area contributed by atoms with Crippen LogP contribution in [0.2, 0.25) is 0 Å². The smallest absolute Gasteiger partial charge is 0.240 e. The third-order valence-electron chi connectivity index (χ3n) is 3.25. The van der Waals surface area contributed by atoms with Gasteiger partial charge >= 0.3 is 0 Å². The average molecular weight is 269 g/mol. The van der Waals surface area contributed by atoms with E-state index in [-0.39, 0.29) is 11.9 Å². The van der Waals surface area contributed by atoms with Crippen LogP contribution in [0.25, 0.3) is 0 Å². The van der Waals surface area contributed by atoms with Gasteiger partial charge in [-0.2, -0.15) is 0 Å². The summed E-state index contributed by atoms with van der Waals surface area (Å²) < 4.78 is 0. The number of nitrogens with zero attached hydrogens (tertiary/aromatic N) is 2. The lowest BCUT2D eigenvalue weighted by Gasteiger charge is -2.36. The summed E-state index contributed by atoms with van der Waals surface area (Å²) in [5.74, 6) is -0.0579. The lowest BCUT2D eigenvalue weighted by Crippen LogP contribution is -2.48. The molecule has 6 heteroatoms. The maximum absolute atomic E-state index is 11.9. The van der Waals surface area contributed by atoms with E-state index in [1.807, 2.05) is 5.38 Å². The van der Waals surface area contributed by atoms with E-state index < -0.39 is 6.10 Å². The number of aliphatic hydroxyl groups excluding tert-OH is 1. The molecule has 100 valence electrons. The van der Waals surface area contributed by atoms with Crippen LogP contribution in [-0.4, -0.2) is 46.1 Å². The summed E-state index contributed by atoms with van der Waals surface area (Å²) in [6.07, 6.45) is 4.45. The zero-order valence-corrected chi connectivity index (χ0v) is 11.3. The number of anilines is 1. The van der Waals surface area contributed by atoms with Gasteiger partial charge in [0.05, 0.1) is 12.6 Å². The molecule has 5 nitrogen and oxygen atoms in total. The summed E-state index contributed by atoms with van der Waals surface area (Å²) in [6, 6.07) is 0.0980. The second kappa shape index (κ2) is 6.26. The number of amides is 1. The van der Waals surface area contributed by atoms with Crippen molar-refractivity contribution in [3.63, 3.8) is 0 Å². The molecule has 1 amide bonds. The maximum Gasteiger partial charge on any atom is 0.240 e. The minimum atomic E-state index is -0.391. The molecular formula is C12H19N3O2S. The van der Waals surface area contributed by atoms with Crippen LogP contribution in [0.4, 0.5) is 5.13 Å². The second-order valence-electron chi connectivity index (χ2n) is 4.66. The van der Waals surface area contributed by atoms with Gasteiger partial charge in [-0.25, -0.2) is 4.98 Å². The van der Waals surface area contributed by atoms with Crippen molar-refractivity contribution < 1.29 is 9.90 Å². The van der Waals surface area contributed by atoms with E-state index in [0.29, 0.717) is 11.7 Å². The van der Waals surface area contributed by atoms with Crippen LogP contribution in [-0.2, 0) is 4.79 Å². The third kappa shape index (κ3) is 3.51. The van der Waals surface area contributed by atoms with Gasteiger partial charge in [0.15, 0.2) is 5.13 Å². The number of carbonyl (C=O) groups is 1. The van der Waals surface area contributed by atoms with E-state index in [2.05, 4.69) is 15.2 Å². The molecule has 0 saturated carbocycles. The summed E-state index contributed by atoms with van der Waals surface area (Å²) in [7, 11) is 0. The van der Waals surface area contributed by atoms with E-state index in [1.54, 1.807) is 13.1 Å². The van der Waals surface area contributed by atoms with Crippen LogP contribution in [0.3, 0.4) is 0 Å². The number of nitrogens with one attached hydrogen (secondary N) is 1. The Morgan fingerprint density at radius 2 is 2.56 bits per heavy atom. The molecule has 2 N–H and O–H groups in total. The predicted molar refractivity (Wildman–Crippen MR) is 71.6 cm³/mol. The van der Waals surface area contributed by atoms with Gasteiger partial charge in [-0.15, -0.1) is 11.3 Å². The van der Waals surface area contributed by atoms with Crippen LogP contribution in [0.1, 0.15) is 26.2 Å². The molecule has 1 aromatic heterocycles. The highest BCUT2D eigenvalue weighted by molar-refractivity contribution is 7.13. The standard InChI is InChI=1S/C12H19N3O2S/c1-9(16)10-4-2-3-6-15(10)8-11(17)14-12-13-5-7-18-12/h5,7,9-10,16H,2-4,6,8H2,1H3,(H,13,14,17). The first-order chi connectivity index (χ1) is 8.66. The second-order valence-corrected chi connectivity index (χ2v) is 5.55. The number of aromatic nitrogens is 1. The van der Waals surface area contributed by atoms with Crippen molar-refractivity contribution in [2.45, 2.75) is 38.3 Å². The summed E-state index contributed by atoms with van der Waals surface area (Å²) in [4.78, 5) is 18.0. The fourth-order valence-corrected chi connectivity index (χ4v) is 2.93. The highest BCUT2D eigenvalue weighted by atomic mass is 32.1. The highest BCUT2D eigenvalue weighted by Gasteiger charge is 2.27. The summed E-state index contributed by atoms with van der Waals surface area (Å²) in [5.41, 5.74) is 0. The minimum absolute atomic E-state index is 0.0579. The summed E-state index contributed by atoms with van der Waals surface area (Å²) in [5, 5.41) is 15.0.